The van der Waals surface area contributed by atoms with E-state index in [0.29, 0.717) is 16.7 Å². The second kappa shape index (κ2) is 16.5. The fourth-order valence-corrected chi connectivity index (χ4v) is 9.93. The van der Waals surface area contributed by atoms with Crippen LogP contribution in [-0.2, 0) is 18.9 Å². The van der Waals surface area contributed by atoms with E-state index in [1.807, 2.05) is 91.0 Å². The fraction of sp³-hybridized carbons (Fsp3) is 0.114. The first-order chi connectivity index (χ1) is 26.0. The normalized spacial score (nSPS) is 18.0. The Kier molecular flexibility index (Phi) is 11.0. The first-order valence-electron chi connectivity index (χ1n) is 17.2. The number of carbonyl (C=O) groups is 3. The molecule has 4 atom stereocenters. The second-order valence-corrected chi connectivity index (χ2v) is 15.3. The van der Waals surface area contributed by atoms with Crippen molar-refractivity contribution in [3.63, 3.8) is 0 Å². The molecule has 4 unspecified atom stereocenters. The lowest BCUT2D eigenvalue weighted by molar-refractivity contribution is -0.0444. The van der Waals surface area contributed by atoms with Gasteiger partial charge in [-0.3, -0.25) is 4.74 Å². The van der Waals surface area contributed by atoms with Crippen LogP contribution in [0.1, 0.15) is 31.1 Å². The Balaban J connectivity index is 1.39. The summed E-state index contributed by atoms with van der Waals surface area (Å²) in [7, 11) is -2.93. The second-order valence-electron chi connectivity index (χ2n) is 12.3. The van der Waals surface area contributed by atoms with Gasteiger partial charge in [0.2, 0.25) is 0 Å². The summed E-state index contributed by atoms with van der Waals surface area (Å²) in [6, 6.07) is 55.4. The lowest BCUT2D eigenvalue weighted by atomic mass is 10.1. The molecule has 6 aromatic carbocycles. The summed E-state index contributed by atoms with van der Waals surface area (Å²) in [4.78, 5) is 40.7. The van der Waals surface area contributed by atoms with Gasteiger partial charge in [0.15, 0.2) is 18.4 Å². The number of ether oxygens (including phenoxy) is 4. The monoisotopic (exact) mass is 721 g/mol. The zero-order chi connectivity index (χ0) is 36.5. The molecule has 9 heteroatoms. The first-order valence-corrected chi connectivity index (χ1v) is 18.9. The number of carbonyl (C=O) groups excluding carboxylic acids is 3. The molecule has 7 rings (SSSR count). The van der Waals surface area contributed by atoms with Crippen LogP contribution in [0.4, 0.5) is 0 Å². The summed E-state index contributed by atoms with van der Waals surface area (Å²) < 4.78 is 30.5. The standard InChI is InChI=1S/C44H36NO7P/c46-42(32-19-7-1-8-20-32)49-31-38-39(51-43(47)33-21-9-2-10-22-33)40(52-44(48)34-23-11-3-12-24-34)41(50-38)45-53(35-25-13-4-14-26-35,36-27-15-5-16-28-36)37-29-17-6-18-30-37/h1-30,38-41H,31H2. The maximum Gasteiger partial charge on any atom is 0.338 e. The fourth-order valence-electron chi connectivity index (χ4n) is 6.30. The third-order valence-electron chi connectivity index (χ3n) is 8.86. The van der Waals surface area contributed by atoms with Crippen molar-refractivity contribution in [3.05, 3.63) is 199 Å². The van der Waals surface area contributed by atoms with E-state index < -0.39 is 49.5 Å². The molecule has 0 aromatic heterocycles. The van der Waals surface area contributed by atoms with Gasteiger partial charge >= 0.3 is 17.9 Å². The van der Waals surface area contributed by atoms with Gasteiger partial charge in [0, 0.05) is 15.9 Å². The topological polar surface area (TPSA) is 100 Å². The van der Waals surface area contributed by atoms with Crippen molar-refractivity contribution in [1.29, 1.82) is 0 Å². The number of hydrogen-bond donors (Lipinski definition) is 0. The summed E-state index contributed by atoms with van der Waals surface area (Å²) in [5.41, 5.74) is 0.938. The first kappa shape index (κ1) is 35.3. The number of benzene rings is 6. The minimum Gasteiger partial charge on any atom is -0.459 e. The minimum atomic E-state index is -2.93. The van der Waals surface area contributed by atoms with Crippen molar-refractivity contribution in [1.82, 2.24) is 0 Å². The van der Waals surface area contributed by atoms with Crippen LogP contribution in [0, 0.1) is 0 Å². The Labute approximate surface area is 308 Å². The van der Waals surface area contributed by atoms with Gasteiger partial charge in [0.25, 0.3) is 0 Å². The summed E-state index contributed by atoms with van der Waals surface area (Å²) in [6.45, 7) is -0.306. The average Bonchev–Trinajstić information content (AvgIpc) is 3.54. The molecular formula is C44H36NO7P. The van der Waals surface area contributed by atoms with Crippen molar-refractivity contribution in [2.75, 3.05) is 6.61 Å². The molecular weight excluding hydrogens is 685 g/mol. The van der Waals surface area contributed by atoms with Gasteiger partial charge in [-0.1, -0.05) is 146 Å². The lowest BCUT2D eigenvalue weighted by Gasteiger charge is -2.30. The number of esters is 3. The number of hydrogen-bond acceptors (Lipinski definition) is 8. The Hall–Kier alpha value is -6.08. The molecule has 53 heavy (non-hydrogen) atoms. The Morgan fingerprint density at radius 1 is 0.472 bits per heavy atom. The molecule has 1 saturated heterocycles. The van der Waals surface area contributed by atoms with Crippen LogP contribution < -0.4 is 15.9 Å². The van der Waals surface area contributed by atoms with Gasteiger partial charge in [0.1, 0.15) is 12.7 Å². The Morgan fingerprint density at radius 2 is 0.811 bits per heavy atom. The molecule has 1 aliphatic heterocycles. The van der Waals surface area contributed by atoms with E-state index in [4.69, 9.17) is 23.7 Å². The van der Waals surface area contributed by atoms with Gasteiger partial charge in [-0.2, -0.15) is 0 Å². The summed E-state index contributed by atoms with van der Waals surface area (Å²) in [5, 5.41) is 2.81. The highest BCUT2D eigenvalue weighted by Gasteiger charge is 2.51. The molecule has 0 N–H and O–H groups in total. The molecule has 8 nitrogen and oxygen atoms in total. The minimum absolute atomic E-state index is 0.292. The van der Waals surface area contributed by atoms with E-state index in [1.165, 1.54) is 0 Å². The molecule has 0 aliphatic carbocycles. The summed E-state index contributed by atoms with van der Waals surface area (Å²) >= 11 is 0. The summed E-state index contributed by atoms with van der Waals surface area (Å²) in [5.74, 6) is -1.89. The van der Waals surface area contributed by atoms with Gasteiger partial charge in [-0.05, 0) is 36.4 Å². The Bertz CT molecular complexity index is 2080. The molecule has 264 valence electrons. The maximum absolute atomic E-state index is 13.8. The molecule has 0 bridgehead atoms. The van der Waals surface area contributed by atoms with Crippen molar-refractivity contribution in [3.8, 4) is 0 Å². The quantitative estimate of drug-likeness (QED) is 0.0793. The predicted octanol–water partition coefficient (Wildman–Crippen LogP) is 7.20. The van der Waals surface area contributed by atoms with Crippen LogP contribution in [0.3, 0.4) is 0 Å². The zero-order valence-electron chi connectivity index (χ0n) is 28.6. The van der Waals surface area contributed by atoms with Crippen LogP contribution in [0.15, 0.2) is 187 Å². The largest absolute Gasteiger partial charge is 0.459 e. The van der Waals surface area contributed by atoms with Gasteiger partial charge in [-0.15, -0.1) is 0 Å². The maximum atomic E-state index is 13.8. The molecule has 6 aromatic rings. The van der Waals surface area contributed by atoms with Crippen LogP contribution in [0.25, 0.3) is 0 Å². The number of rotatable bonds is 11. The van der Waals surface area contributed by atoms with Crippen LogP contribution >= 0.6 is 7.05 Å². The molecule has 1 aliphatic rings. The van der Waals surface area contributed by atoms with Crippen LogP contribution in [-0.4, -0.2) is 49.1 Å². The highest BCUT2D eigenvalue weighted by molar-refractivity contribution is 7.87. The van der Waals surface area contributed by atoms with Gasteiger partial charge in [-0.25, -0.2) is 14.4 Å². The van der Waals surface area contributed by atoms with Gasteiger partial charge in [0.05, 0.1) is 23.7 Å². The van der Waals surface area contributed by atoms with Crippen molar-refractivity contribution in [2.45, 2.75) is 24.5 Å². The lowest BCUT2D eigenvalue weighted by Crippen LogP contribution is -2.42. The smallest absolute Gasteiger partial charge is 0.338 e. The van der Waals surface area contributed by atoms with E-state index in [2.05, 4.69) is 0 Å². The van der Waals surface area contributed by atoms with E-state index in [-0.39, 0.29) is 6.61 Å². The molecule has 0 radical (unpaired) electrons. The third-order valence-corrected chi connectivity index (χ3v) is 12.6. The molecule has 1 fully saturated rings. The Morgan fingerprint density at radius 3 is 1.21 bits per heavy atom. The average molecular weight is 722 g/mol. The van der Waals surface area contributed by atoms with Crippen molar-refractivity contribution >= 4 is 40.9 Å². The highest BCUT2D eigenvalue weighted by atomic mass is 31.2. The van der Waals surface area contributed by atoms with Crippen molar-refractivity contribution in [2.24, 2.45) is 4.74 Å². The highest BCUT2D eigenvalue weighted by Crippen LogP contribution is 2.49. The summed E-state index contributed by atoms with van der Waals surface area (Å²) in [6.07, 6.45) is -4.66. The third kappa shape index (κ3) is 7.90. The predicted molar refractivity (Wildman–Crippen MR) is 204 cm³/mol. The SMILES string of the molecule is O=C(OCC1OC(N=P(c2ccccc2)(c2ccccc2)c2ccccc2)C(OC(=O)c2ccccc2)C1OC(=O)c1ccccc1)c1ccccc1. The van der Waals surface area contributed by atoms with Crippen LogP contribution in [0.5, 0.6) is 0 Å². The van der Waals surface area contributed by atoms with E-state index >= 15 is 0 Å². The van der Waals surface area contributed by atoms with E-state index in [9.17, 15) is 14.4 Å². The molecule has 1 heterocycles. The molecule has 0 saturated carbocycles. The van der Waals surface area contributed by atoms with Crippen molar-refractivity contribution < 1.29 is 33.3 Å². The number of nitrogens with zero attached hydrogens (tertiary/aromatic N) is 1. The zero-order valence-corrected chi connectivity index (χ0v) is 29.5. The molecule has 0 amide bonds. The van der Waals surface area contributed by atoms with E-state index in [1.54, 1.807) is 91.0 Å². The van der Waals surface area contributed by atoms with Gasteiger partial charge < -0.3 is 18.9 Å². The van der Waals surface area contributed by atoms with Crippen LogP contribution in [0.2, 0.25) is 0 Å². The van der Waals surface area contributed by atoms with E-state index in [0.717, 1.165) is 15.9 Å². The molecule has 0 spiro atoms.